The molecule has 1 fully saturated rings. The van der Waals surface area contributed by atoms with Gasteiger partial charge in [-0.2, -0.15) is 0 Å². The number of halogens is 2. The number of imidazole rings is 1. The maximum absolute atomic E-state index is 13.9. The molecule has 1 aromatic heterocycles. The van der Waals surface area contributed by atoms with Gasteiger partial charge in [0, 0.05) is 49.7 Å². The highest BCUT2D eigenvalue weighted by molar-refractivity contribution is 6.43. The van der Waals surface area contributed by atoms with Gasteiger partial charge in [-0.15, -0.1) is 0 Å². The van der Waals surface area contributed by atoms with Gasteiger partial charge in [-0.25, -0.2) is 4.98 Å². The molecule has 1 saturated heterocycles. The molecule has 1 atom stereocenters. The smallest absolute Gasteiger partial charge is 0.278 e. The highest BCUT2D eigenvalue weighted by Gasteiger charge is 2.28. The lowest BCUT2D eigenvalue weighted by molar-refractivity contribution is 0.0908. The Labute approximate surface area is 245 Å². The summed E-state index contributed by atoms with van der Waals surface area (Å²) < 4.78 is 0. The highest BCUT2D eigenvalue weighted by Crippen LogP contribution is 2.33. The van der Waals surface area contributed by atoms with Crippen LogP contribution >= 0.6 is 23.2 Å². The van der Waals surface area contributed by atoms with Crippen LogP contribution in [0.4, 0.5) is 11.4 Å². The number of nitrogens with zero attached hydrogens (tertiary/aromatic N) is 4. The molecule has 0 saturated carbocycles. The fourth-order valence-corrected chi connectivity index (χ4v) is 5.58. The van der Waals surface area contributed by atoms with Crippen molar-refractivity contribution in [3.63, 3.8) is 0 Å². The Kier molecular flexibility index (Phi) is 8.76. The number of β-amino-alcohol motifs (C(OH)–C–C–N with tert-alkyl or cyclic N) is 1. The van der Waals surface area contributed by atoms with Gasteiger partial charge >= 0.3 is 0 Å². The van der Waals surface area contributed by atoms with Crippen LogP contribution in [0.25, 0.3) is 11.4 Å². The van der Waals surface area contributed by atoms with E-state index >= 15 is 0 Å². The standard InChI is InChI=1S/C31H33Cl2N5O2/c1-21-9-6-7-13-26(21)38(31(40)29-22(2)34-30(35-29)23-10-4-3-5-11-23)20-24(39)19-36-15-17-37(18-16-36)27-14-8-12-25(32)28(27)33/h3-14,24,39H,15-20H2,1-2H3,(H,34,35). The number of anilines is 2. The number of hydrogen-bond donors (Lipinski definition) is 2. The monoisotopic (exact) mass is 577 g/mol. The number of carbonyl (C=O) groups is 1. The molecule has 1 aliphatic heterocycles. The topological polar surface area (TPSA) is 75.7 Å². The molecule has 208 valence electrons. The van der Waals surface area contributed by atoms with E-state index in [4.69, 9.17) is 23.2 Å². The normalized spacial score (nSPS) is 14.8. The molecule has 1 unspecified atom stereocenters. The average molecular weight is 579 g/mol. The van der Waals surface area contributed by atoms with Gasteiger partial charge < -0.3 is 19.9 Å². The minimum absolute atomic E-state index is 0.150. The van der Waals surface area contributed by atoms with Gasteiger partial charge in [0.2, 0.25) is 0 Å². The highest BCUT2D eigenvalue weighted by atomic mass is 35.5. The van der Waals surface area contributed by atoms with Crippen molar-refractivity contribution in [3.05, 3.63) is 99.8 Å². The number of rotatable bonds is 8. The van der Waals surface area contributed by atoms with Gasteiger partial charge in [-0.05, 0) is 37.6 Å². The molecule has 0 aliphatic carbocycles. The maximum atomic E-state index is 13.9. The fraction of sp³-hybridized carbons (Fsp3) is 0.290. The van der Waals surface area contributed by atoms with E-state index in [1.54, 1.807) is 11.0 Å². The van der Waals surface area contributed by atoms with Gasteiger partial charge in [0.05, 0.1) is 28.4 Å². The molecule has 4 aromatic rings. The molecule has 5 rings (SSSR count). The SMILES string of the molecule is Cc1ccccc1N(CC(O)CN1CCN(c2cccc(Cl)c2Cl)CC1)C(=O)c1nc(-c2ccccc2)[nH]c1C. The van der Waals surface area contributed by atoms with Crippen molar-refractivity contribution in [2.45, 2.75) is 20.0 Å². The Morgan fingerprint density at radius 1 is 0.975 bits per heavy atom. The molecule has 9 heteroatoms. The van der Waals surface area contributed by atoms with E-state index in [1.165, 1.54) is 0 Å². The lowest BCUT2D eigenvalue weighted by atomic mass is 10.1. The van der Waals surface area contributed by atoms with Crippen LogP contribution in [-0.4, -0.2) is 71.3 Å². The zero-order valence-corrected chi connectivity index (χ0v) is 24.2. The first-order valence-corrected chi connectivity index (χ1v) is 14.2. The van der Waals surface area contributed by atoms with Crippen molar-refractivity contribution in [1.29, 1.82) is 0 Å². The molecule has 3 aromatic carbocycles. The first-order valence-electron chi connectivity index (χ1n) is 13.4. The summed E-state index contributed by atoms with van der Waals surface area (Å²) in [5.74, 6) is 0.397. The number of amides is 1. The summed E-state index contributed by atoms with van der Waals surface area (Å²) in [6.07, 6.45) is -0.752. The largest absolute Gasteiger partial charge is 0.390 e. The number of aromatic nitrogens is 2. The number of aromatic amines is 1. The van der Waals surface area contributed by atoms with Crippen molar-refractivity contribution in [1.82, 2.24) is 14.9 Å². The summed E-state index contributed by atoms with van der Waals surface area (Å²) in [5.41, 5.74) is 4.58. The second-order valence-electron chi connectivity index (χ2n) is 10.1. The number of para-hydroxylation sites is 1. The molecule has 1 aliphatic rings. The number of benzene rings is 3. The number of aliphatic hydroxyl groups is 1. The fourth-order valence-electron chi connectivity index (χ4n) is 5.16. The Hall–Kier alpha value is -3.36. The van der Waals surface area contributed by atoms with Crippen LogP contribution in [0.3, 0.4) is 0 Å². The van der Waals surface area contributed by atoms with Crippen LogP contribution in [0.1, 0.15) is 21.7 Å². The zero-order valence-electron chi connectivity index (χ0n) is 22.6. The van der Waals surface area contributed by atoms with E-state index in [0.29, 0.717) is 33.8 Å². The maximum Gasteiger partial charge on any atom is 0.278 e. The number of nitrogens with one attached hydrogen (secondary N) is 1. The molecule has 0 radical (unpaired) electrons. The Morgan fingerprint density at radius 3 is 2.40 bits per heavy atom. The number of piperazine rings is 1. The number of aliphatic hydroxyl groups excluding tert-OH is 1. The van der Waals surface area contributed by atoms with E-state index < -0.39 is 6.10 Å². The molecule has 0 bridgehead atoms. The molecule has 2 heterocycles. The molecule has 7 nitrogen and oxygen atoms in total. The minimum atomic E-state index is -0.752. The quantitative estimate of drug-likeness (QED) is 0.275. The van der Waals surface area contributed by atoms with E-state index in [1.807, 2.05) is 80.6 Å². The molecular formula is C31H33Cl2N5O2. The van der Waals surface area contributed by atoms with Crippen LogP contribution < -0.4 is 9.80 Å². The van der Waals surface area contributed by atoms with Crippen molar-refractivity contribution in [2.24, 2.45) is 0 Å². The number of aryl methyl sites for hydroxylation is 2. The molecule has 40 heavy (non-hydrogen) atoms. The molecule has 2 N–H and O–H groups in total. The molecule has 0 spiro atoms. The zero-order chi connectivity index (χ0) is 28.2. The van der Waals surface area contributed by atoms with Crippen LogP contribution in [0.5, 0.6) is 0 Å². The predicted molar refractivity (Wildman–Crippen MR) is 163 cm³/mol. The molecule has 1 amide bonds. The summed E-state index contributed by atoms with van der Waals surface area (Å²) in [6, 6.07) is 23.1. The van der Waals surface area contributed by atoms with Gasteiger partial charge in [-0.3, -0.25) is 9.69 Å². The lowest BCUT2D eigenvalue weighted by Crippen LogP contribution is -2.50. The first-order chi connectivity index (χ1) is 19.3. The average Bonchev–Trinajstić information content (AvgIpc) is 3.36. The van der Waals surface area contributed by atoms with E-state index in [9.17, 15) is 9.90 Å². The summed E-state index contributed by atoms with van der Waals surface area (Å²) in [6.45, 7) is 7.47. The van der Waals surface area contributed by atoms with Crippen LogP contribution in [0.2, 0.25) is 10.0 Å². The van der Waals surface area contributed by atoms with E-state index in [-0.39, 0.29) is 12.5 Å². The Balaban J connectivity index is 1.30. The van der Waals surface area contributed by atoms with Gasteiger partial charge in [0.25, 0.3) is 5.91 Å². The van der Waals surface area contributed by atoms with E-state index in [2.05, 4.69) is 19.8 Å². The van der Waals surface area contributed by atoms with Crippen molar-refractivity contribution >= 4 is 40.5 Å². The third-order valence-corrected chi connectivity index (χ3v) is 8.10. The van der Waals surface area contributed by atoms with Crippen LogP contribution in [0.15, 0.2) is 72.8 Å². The van der Waals surface area contributed by atoms with Gasteiger partial charge in [0.1, 0.15) is 11.5 Å². The van der Waals surface area contributed by atoms with Crippen LogP contribution in [-0.2, 0) is 0 Å². The number of H-pyrrole nitrogens is 1. The summed E-state index contributed by atoms with van der Waals surface area (Å²) in [7, 11) is 0. The molecular weight excluding hydrogens is 545 g/mol. The predicted octanol–water partition coefficient (Wildman–Crippen LogP) is 5.83. The van der Waals surface area contributed by atoms with Crippen molar-refractivity contribution in [3.8, 4) is 11.4 Å². The number of carbonyl (C=O) groups excluding carboxylic acids is 1. The van der Waals surface area contributed by atoms with Gasteiger partial charge in [-0.1, -0.05) is 77.8 Å². The second kappa shape index (κ2) is 12.4. The third-order valence-electron chi connectivity index (χ3n) is 7.29. The summed E-state index contributed by atoms with van der Waals surface area (Å²) in [4.78, 5) is 27.9. The van der Waals surface area contributed by atoms with Crippen molar-refractivity contribution < 1.29 is 9.90 Å². The summed E-state index contributed by atoms with van der Waals surface area (Å²) >= 11 is 12.6. The van der Waals surface area contributed by atoms with Crippen LogP contribution in [0, 0.1) is 13.8 Å². The Bertz CT molecular complexity index is 1470. The van der Waals surface area contributed by atoms with E-state index in [0.717, 1.165) is 48.7 Å². The Morgan fingerprint density at radius 2 is 1.68 bits per heavy atom. The van der Waals surface area contributed by atoms with Gasteiger partial charge in [0.15, 0.2) is 0 Å². The second-order valence-corrected chi connectivity index (χ2v) is 10.9. The lowest BCUT2D eigenvalue weighted by Gasteiger charge is -2.38. The third kappa shape index (κ3) is 6.18. The van der Waals surface area contributed by atoms with Crippen molar-refractivity contribution in [2.75, 3.05) is 49.1 Å². The number of hydrogen-bond acceptors (Lipinski definition) is 5. The summed E-state index contributed by atoms with van der Waals surface area (Å²) in [5, 5.41) is 12.3. The minimum Gasteiger partial charge on any atom is -0.390 e. The first kappa shape index (κ1) is 28.2.